The molecule has 0 fully saturated rings. The van der Waals surface area contributed by atoms with Crippen molar-refractivity contribution in [1.29, 1.82) is 0 Å². The Morgan fingerprint density at radius 2 is 0.470 bits per heavy atom. The van der Waals surface area contributed by atoms with Gasteiger partial charge in [0.1, 0.15) is 13.2 Å². The highest BCUT2D eigenvalue weighted by Crippen LogP contribution is 2.19. The minimum absolute atomic E-state index is 0.0808. The van der Waals surface area contributed by atoms with Crippen LogP contribution in [0, 0.1) is 0 Å². The van der Waals surface area contributed by atoms with Crippen LogP contribution in [0.3, 0.4) is 0 Å². The van der Waals surface area contributed by atoms with E-state index in [4.69, 9.17) is 14.2 Å². The first-order valence-corrected chi connectivity index (χ1v) is 37.1. The summed E-state index contributed by atoms with van der Waals surface area (Å²) in [6.45, 7) is 6.58. The number of ether oxygens (including phenoxy) is 3. The number of hydrogen-bond donors (Lipinski definition) is 0. The van der Waals surface area contributed by atoms with Gasteiger partial charge in [0, 0.05) is 19.3 Å². The summed E-state index contributed by atoms with van der Waals surface area (Å²) in [7, 11) is 0. The minimum atomic E-state index is -0.789. The van der Waals surface area contributed by atoms with E-state index >= 15 is 0 Å². The molecule has 0 N–H and O–H groups in total. The molecule has 83 heavy (non-hydrogen) atoms. The molecule has 0 aromatic carbocycles. The van der Waals surface area contributed by atoms with Gasteiger partial charge in [-0.3, -0.25) is 14.4 Å². The highest BCUT2D eigenvalue weighted by Gasteiger charge is 2.19. The molecule has 0 radical (unpaired) electrons. The Morgan fingerprint density at radius 1 is 0.253 bits per heavy atom. The first kappa shape index (κ1) is 80.4. The largest absolute Gasteiger partial charge is 0.462 e. The van der Waals surface area contributed by atoms with Crippen LogP contribution in [0.1, 0.15) is 406 Å². The van der Waals surface area contributed by atoms with Gasteiger partial charge in [-0.15, -0.1) is 0 Å². The zero-order chi connectivity index (χ0) is 59.9. The highest BCUT2D eigenvalue weighted by molar-refractivity contribution is 5.71. The van der Waals surface area contributed by atoms with Crippen LogP contribution >= 0.6 is 0 Å². The van der Waals surface area contributed by atoms with Crippen molar-refractivity contribution in [1.82, 2.24) is 0 Å². The second-order valence-electron chi connectivity index (χ2n) is 25.2. The lowest BCUT2D eigenvalue weighted by atomic mass is 10.0. The molecule has 0 rings (SSSR count). The number of allylic oxidation sites excluding steroid dienone is 8. The van der Waals surface area contributed by atoms with Crippen molar-refractivity contribution in [3.63, 3.8) is 0 Å². The molecule has 0 heterocycles. The van der Waals surface area contributed by atoms with Gasteiger partial charge >= 0.3 is 17.9 Å². The highest BCUT2D eigenvalue weighted by atomic mass is 16.6. The number of hydrogen-bond acceptors (Lipinski definition) is 6. The summed E-state index contributed by atoms with van der Waals surface area (Å²) in [6, 6.07) is 0. The number of rotatable bonds is 69. The molecule has 0 spiro atoms. The van der Waals surface area contributed by atoms with Gasteiger partial charge in [0.05, 0.1) is 0 Å². The van der Waals surface area contributed by atoms with Gasteiger partial charge in [-0.25, -0.2) is 0 Å². The molecule has 1 unspecified atom stereocenters. The van der Waals surface area contributed by atoms with Gasteiger partial charge in [0.15, 0.2) is 6.10 Å². The maximum atomic E-state index is 13.0. The van der Waals surface area contributed by atoms with E-state index in [0.29, 0.717) is 19.3 Å². The lowest BCUT2D eigenvalue weighted by Gasteiger charge is -2.18. The van der Waals surface area contributed by atoms with Crippen LogP contribution in [0.15, 0.2) is 48.6 Å². The summed E-state index contributed by atoms with van der Waals surface area (Å²) in [5.74, 6) is -0.894. The Labute approximate surface area is 518 Å². The van der Waals surface area contributed by atoms with E-state index in [-0.39, 0.29) is 31.1 Å². The molecule has 0 bridgehead atoms. The molecule has 0 aliphatic rings. The molecule has 0 saturated heterocycles. The topological polar surface area (TPSA) is 78.9 Å². The molecule has 0 aromatic heterocycles. The summed E-state index contributed by atoms with van der Waals surface area (Å²) in [6.07, 6.45) is 91.7. The number of esters is 3. The fourth-order valence-corrected chi connectivity index (χ4v) is 11.3. The second-order valence-corrected chi connectivity index (χ2v) is 25.2. The van der Waals surface area contributed by atoms with Gasteiger partial charge in [0.2, 0.25) is 0 Å². The fourth-order valence-electron chi connectivity index (χ4n) is 11.3. The first-order chi connectivity index (χ1) is 41.0. The Bertz CT molecular complexity index is 1430. The predicted molar refractivity (Wildman–Crippen MR) is 362 cm³/mol. The van der Waals surface area contributed by atoms with Gasteiger partial charge in [-0.2, -0.15) is 0 Å². The predicted octanol–water partition coefficient (Wildman–Crippen LogP) is 25.7. The van der Waals surface area contributed by atoms with E-state index in [1.54, 1.807) is 0 Å². The van der Waals surface area contributed by atoms with Crippen molar-refractivity contribution in [3.8, 4) is 0 Å². The average Bonchev–Trinajstić information content (AvgIpc) is 3.50. The molecular weight excluding hydrogens is 1020 g/mol. The third kappa shape index (κ3) is 70.0. The van der Waals surface area contributed by atoms with E-state index in [9.17, 15) is 14.4 Å². The van der Waals surface area contributed by atoms with Crippen molar-refractivity contribution < 1.29 is 28.6 Å². The van der Waals surface area contributed by atoms with Gasteiger partial charge < -0.3 is 14.2 Å². The zero-order valence-electron chi connectivity index (χ0n) is 56.0. The maximum Gasteiger partial charge on any atom is 0.306 e. The van der Waals surface area contributed by atoms with E-state index in [2.05, 4.69) is 69.4 Å². The smallest absolute Gasteiger partial charge is 0.306 e. The van der Waals surface area contributed by atoms with E-state index in [0.717, 1.165) is 83.5 Å². The van der Waals surface area contributed by atoms with Gasteiger partial charge in [-0.1, -0.05) is 378 Å². The quantitative estimate of drug-likeness (QED) is 0.0261. The first-order valence-electron chi connectivity index (χ1n) is 37.1. The van der Waals surface area contributed by atoms with Crippen LogP contribution in [0.4, 0.5) is 0 Å². The molecule has 0 amide bonds. The Morgan fingerprint density at radius 3 is 0.735 bits per heavy atom. The third-order valence-corrected chi connectivity index (χ3v) is 16.8. The second kappa shape index (κ2) is 71.8. The average molecular weight is 1160 g/mol. The molecule has 486 valence electrons. The summed E-state index contributed by atoms with van der Waals surface area (Å²) in [5, 5.41) is 0. The van der Waals surface area contributed by atoms with Gasteiger partial charge in [0.25, 0.3) is 0 Å². The molecule has 0 aliphatic carbocycles. The Balaban J connectivity index is 4.25. The normalized spacial score (nSPS) is 12.3. The Kier molecular flexibility index (Phi) is 69.6. The van der Waals surface area contributed by atoms with Crippen molar-refractivity contribution in [2.45, 2.75) is 412 Å². The number of carbonyl (C=O) groups excluding carboxylic acids is 3. The molecule has 6 nitrogen and oxygen atoms in total. The zero-order valence-corrected chi connectivity index (χ0v) is 56.0. The van der Waals surface area contributed by atoms with Crippen LogP contribution < -0.4 is 0 Å². The lowest BCUT2D eigenvalue weighted by Crippen LogP contribution is -2.30. The summed E-state index contributed by atoms with van der Waals surface area (Å²) in [4.78, 5) is 38.5. The van der Waals surface area contributed by atoms with Crippen LogP contribution in [0.5, 0.6) is 0 Å². The number of unbranched alkanes of at least 4 members (excludes halogenated alkanes) is 50. The van der Waals surface area contributed by atoms with Crippen LogP contribution in [0.2, 0.25) is 0 Å². The monoisotopic (exact) mass is 1160 g/mol. The van der Waals surface area contributed by atoms with Crippen LogP contribution in [-0.4, -0.2) is 37.2 Å². The summed E-state index contributed by atoms with van der Waals surface area (Å²) < 4.78 is 17.0. The molecular formula is C77H142O6. The van der Waals surface area contributed by atoms with E-state index in [1.165, 1.54) is 283 Å². The maximum absolute atomic E-state index is 13.0. The SMILES string of the molecule is CC/C=C\C/C=C\C/C=C\C/C=C\CCCCC(=O)OCC(COC(=O)CCCCCCCCCCCCCCCCCCCCCCCCCCCC)OC(=O)CCCCCCCCCCCCCCCCCCCCCCCCCC. The van der Waals surface area contributed by atoms with Crippen molar-refractivity contribution in [3.05, 3.63) is 48.6 Å². The van der Waals surface area contributed by atoms with Crippen molar-refractivity contribution >= 4 is 17.9 Å². The third-order valence-electron chi connectivity index (χ3n) is 16.8. The molecule has 0 aromatic rings. The standard InChI is InChI=1S/C77H142O6/c1-4-7-10-13-16-19-22-25-28-30-32-34-36-38-39-41-42-44-46-49-52-55-58-61-64-67-70-76(79)82-73-74(72-81-75(78)69-66-63-60-57-54-51-48-27-24-21-18-15-12-9-6-3)83-77(80)71-68-65-62-59-56-53-50-47-45-43-40-37-35-33-31-29-26-23-20-17-14-11-8-5-2/h9,12,18,21,27,48,54,57,74H,4-8,10-11,13-17,19-20,22-26,28-47,49-53,55-56,58-73H2,1-3H3/b12-9-,21-18-,48-27-,57-54-. The van der Waals surface area contributed by atoms with Crippen LogP contribution in [-0.2, 0) is 28.6 Å². The minimum Gasteiger partial charge on any atom is -0.462 e. The van der Waals surface area contributed by atoms with Crippen molar-refractivity contribution in [2.75, 3.05) is 13.2 Å². The van der Waals surface area contributed by atoms with Crippen molar-refractivity contribution in [2.24, 2.45) is 0 Å². The fraction of sp³-hybridized carbons (Fsp3) is 0.857. The summed E-state index contributed by atoms with van der Waals surface area (Å²) >= 11 is 0. The van der Waals surface area contributed by atoms with E-state index in [1.807, 2.05) is 0 Å². The molecule has 6 heteroatoms. The van der Waals surface area contributed by atoms with E-state index < -0.39 is 6.10 Å². The molecule has 1 atom stereocenters. The summed E-state index contributed by atoms with van der Waals surface area (Å²) in [5.41, 5.74) is 0. The lowest BCUT2D eigenvalue weighted by molar-refractivity contribution is -0.167. The molecule has 0 aliphatic heterocycles. The Hall–Kier alpha value is -2.63. The van der Waals surface area contributed by atoms with Gasteiger partial charge in [-0.05, 0) is 57.8 Å². The molecule has 0 saturated carbocycles. The van der Waals surface area contributed by atoms with Crippen LogP contribution in [0.25, 0.3) is 0 Å². The number of carbonyl (C=O) groups is 3.